The summed E-state index contributed by atoms with van der Waals surface area (Å²) >= 11 is 0. The molecule has 140 valence electrons. The molecule has 9 heteroatoms. The van der Waals surface area contributed by atoms with Gasteiger partial charge in [0.1, 0.15) is 10.7 Å². The Morgan fingerprint density at radius 2 is 1.64 bits per heavy atom. The van der Waals surface area contributed by atoms with E-state index in [1.165, 1.54) is 30.6 Å². The van der Waals surface area contributed by atoms with Crippen molar-refractivity contribution in [1.29, 1.82) is 0 Å². The molecule has 0 spiro atoms. The molecule has 0 saturated carbocycles. The number of aromatic nitrogens is 3. The molecule has 4 rings (SSSR count). The average molecular weight is 397 g/mol. The molecule has 2 aromatic carbocycles. The van der Waals surface area contributed by atoms with Gasteiger partial charge in [-0.15, -0.1) is 10.2 Å². The molecule has 7 nitrogen and oxygen atoms in total. The summed E-state index contributed by atoms with van der Waals surface area (Å²) < 4.78 is 49.7. The number of rotatable bonds is 5. The predicted molar refractivity (Wildman–Crippen MR) is 97.2 cm³/mol. The Morgan fingerprint density at radius 3 is 2.36 bits per heavy atom. The van der Waals surface area contributed by atoms with Crippen LogP contribution in [0.3, 0.4) is 0 Å². The molecule has 4 aromatic rings. The molecule has 0 bridgehead atoms. The highest BCUT2D eigenvalue weighted by molar-refractivity contribution is 7.87. The monoisotopic (exact) mass is 397 g/mol. The van der Waals surface area contributed by atoms with Crippen molar-refractivity contribution in [3.63, 3.8) is 0 Å². The van der Waals surface area contributed by atoms with Crippen molar-refractivity contribution >= 4 is 10.1 Å². The van der Waals surface area contributed by atoms with E-state index in [9.17, 15) is 12.8 Å². The fourth-order valence-electron chi connectivity index (χ4n) is 2.43. The second kappa shape index (κ2) is 7.20. The quantitative estimate of drug-likeness (QED) is 0.474. The zero-order valence-corrected chi connectivity index (χ0v) is 15.0. The maximum Gasteiger partial charge on any atom is 0.342 e. The van der Waals surface area contributed by atoms with E-state index in [-0.39, 0.29) is 23.1 Å². The first-order valence-corrected chi connectivity index (χ1v) is 9.47. The molecular weight excluding hydrogens is 385 g/mol. The summed E-state index contributed by atoms with van der Waals surface area (Å²) in [4.78, 5) is 3.12. The molecule has 0 amide bonds. The van der Waals surface area contributed by atoms with Gasteiger partial charge in [-0.05, 0) is 42.5 Å². The van der Waals surface area contributed by atoms with Crippen molar-refractivity contribution in [3.05, 3.63) is 78.9 Å². The number of halogens is 1. The third-order valence-corrected chi connectivity index (χ3v) is 5.00. The van der Waals surface area contributed by atoms with Gasteiger partial charge < -0.3 is 8.60 Å². The highest BCUT2D eigenvalue weighted by Gasteiger charge is 2.24. The van der Waals surface area contributed by atoms with Gasteiger partial charge in [0, 0.05) is 17.3 Å². The van der Waals surface area contributed by atoms with E-state index >= 15 is 0 Å². The third-order valence-electron chi connectivity index (χ3n) is 3.73. The molecule has 0 aliphatic rings. The molecule has 0 aliphatic heterocycles. The molecule has 0 radical (unpaired) electrons. The van der Waals surface area contributed by atoms with Gasteiger partial charge in [0.15, 0.2) is 5.75 Å². The van der Waals surface area contributed by atoms with Crippen LogP contribution in [0.25, 0.3) is 22.9 Å². The Morgan fingerprint density at radius 1 is 0.893 bits per heavy atom. The third kappa shape index (κ3) is 3.60. The maximum atomic E-state index is 14.2. The van der Waals surface area contributed by atoms with Gasteiger partial charge in [0.05, 0.1) is 6.20 Å². The Kier molecular flexibility index (Phi) is 4.58. The minimum Gasteiger partial charge on any atom is -0.416 e. The van der Waals surface area contributed by atoms with Crippen molar-refractivity contribution in [2.75, 3.05) is 0 Å². The van der Waals surface area contributed by atoms with Crippen LogP contribution in [-0.4, -0.2) is 23.6 Å². The van der Waals surface area contributed by atoms with E-state index in [0.717, 1.165) is 12.1 Å². The van der Waals surface area contributed by atoms with Crippen LogP contribution in [0.2, 0.25) is 0 Å². The van der Waals surface area contributed by atoms with Crippen molar-refractivity contribution in [1.82, 2.24) is 15.2 Å². The molecule has 2 heterocycles. The van der Waals surface area contributed by atoms with E-state index in [0.29, 0.717) is 5.56 Å². The van der Waals surface area contributed by atoms with Crippen LogP contribution >= 0.6 is 0 Å². The summed E-state index contributed by atoms with van der Waals surface area (Å²) in [5.41, 5.74) is 0.945. The zero-order valence-electron chi connectivity index (χ0n) is 14.2. The van der Waals surface area contributed by atoms with Gasteiger partial charge in [-0.2, -0.15) is 8.42 Å². The van der Waals surface area contributed by atoms with Crippen LogP contribution in [0.15, 0.2) is 82.4 Å². The first kappa shape index (κ1) is 17.8. The highest BCUT2D eigenvalue weighted by atomic mass is 32.2. The average Bonchev–Trinajstić information content (AvgIpc) is 3.19. The van der Waals surface area contributed by atoms with Crippen molar-refractivity contribution < 1.29 is 21.4 Å². The summed E-state index contributed by atoms with van der Waals surface area (Å²) in [6.07, 6.45) is 2.67. The Hall–Kier alpha value is -3.59. The summed E-state index contributed by atoms with van der Waals surface area (Å²) in [6.45, 7) is 0. The lowest BCUT2D eigenvalue weighted by atomic mass is 10.2. The topological polar surface area (TPSA) is 95.2 Å². The van der Waals surface area contributed by atoms with E-state index in [4.69, 9.17) is 8.60 Å². The lowest BCUT2D eigenvalue weighted by Gasteiger charge is -2.08. The second-order valence-electron chi connectivity index (χ2n) is 5.65. The molecule has 0 unspecified atom stereocenters. The molecule has 0 N–H and O–H groups in total. The number of nitrogens with zero attached hydrogens (tertiary/aromatic N) is 3. The number of hydrogen-bond acceptors (Lipinski definition) is 7. The van der Waals surface area contributed by atoms with Gasteiger partial charge in [0.2, 0.25) is 11.8 Å². The van der Waals surface area contributed by atoms with Gasteiger partial charge in [-0.3, -0.25) is 4.98 Å². The second-order valence-corrected chi connectivity index (χ2v) is 7.16. The van der Waals surface area contributed by atoms with Gasteiger partial charge in [-0.25, -0.2) is 4.39 Å². The predicted octanol–water partition coefficient (Wildman–Crippen LogP) is 3.71. The Bertz CT molecular complexity index is 1210. The zero-order chi connectivity index (χ0) is 19.6. The van der Waals surface area contributed by atoms with Gasteiger partial charge >= 0.3 is 10.1 Å². The number of benzene rings is 2. The molecule has 28 heavy (non-hydrogen) atoms. The number of hydrogen-bond donors (Lipinski definition) is 0. The van der Waals surface area contributed by atoms with Crippen LogP contribution in [0, 0.1) is 5.82 Å². The van der Waals surface area contributed by atoms with Crippen molar-refractivity contribution in [2.24, 2.45) is 0 Å². The summed E-state index contributed by atoms with van der Waals surface area (Å²) in [6, 6.07) is 15.4. The van der Waals surface area contributed by atoms with Crippen LogP contribution in [0.5, 0.6) is 5.75 Å². The van der Waals surface area contributed by atoms with E-state index in [1.54, 1.807) is 12.1 Å². The Labute approximate surface area is 159 Å². The van der Waals surface area contributed by atoms with Crippen LogP contribution in [-0.2, 0) is 10.1 Å². The SMILES string of the molecule is O=S(=O)(Oc1cccnc1)c1cc(-c2nnc(-c3ccccc3)o2)ccc1F. The Balaban J connectivity index is 1.69. The van der Waals surface area contributed by atoms with Crippen LogP contribution < -0.4 is 4.18 Å². The van der Waals surface area contributed by atoms with E-state index < -0.39 is 20.8 Å². The van der Waals surface area contributed by atoms with Crippen LogP contribution in [0.1, 0.15) is 0 Å². The lowest BCUT2D eigenvalue weighted by molar-refractivity contribution is 0.475. The fourth-order valence-corrected chi connectivity index (χ4v) is 3.45. The normalized spacial score (nSPS) is 11.3. The maximum absolute atomic E-state index is 14.2. The van der Waals surface area contributed by atoms with E-state index in [1.807, 2.05) is 18.2 Å². The molecular formula is C19H12FN3O4S. The number of pyridine rings is 1. The largest absolute Gasteiger partial charge is 0.416 e. The van der Waals surface area contributed by atoms with Crippen molar-refractivity contribution in [3.8, 4) is 28.7 Å². The molecule has 2 aromatic heterocycles. The van der Waals surface area contributed by atoms with Gasteiger partial charge in [-0.1, -0.05) is 18.2 Å². The first-order valence-electron chi connectivity index (χ1n) is 8.06. The highest BCUT2D eigenvalue weighted by Crippen LogP contribution is 2.28. The lowest BCUT2D eigenvalue weighted by Crippen LogP contribution is -2.12. The van der Waals surface area contributed by atoms with Gasteiger partial charge in [0.25, 0.3) is 0 Å². The van der Waals surface area contributed by atoms with Crippen molar-refractivity contribution in [2.45, 2.75) is 4.90 Å². The van der Waals surface area contributed by atoms with Crippen LogP contribution in [0.4, 0.5) is 4.39 Å². The molecule has 0 atom stereocenters. The summed E-state index contributed by atoms with van der Waals surface area (Å²) in [5.74, 6) is -0.681. The fraction of sp³-hybridized carbons (Fsp3) is 0. The summed E-state index contributed by atoms with van der Waals surface area (Å²) in [7, 11) is -4.42. The minimum absolute atomic E-state index is 0.0311. The minimum atomic E-state index is -4.42. The molecule has 0 fully saturated rings. The molecule has 0 saturated heterocycles. The molecule has 0 aliphatic carbocycles. The van der Waals surface area contributed by atoms with E-state index in [2.05, 4.69) is 15.2 Å². The standard InChI is InChI=1S/C19H12FN3O4S/c20-16-9-8-14(19-23-22-18(26-19)13-5-2-1-3-6-13)11-17(16)28(24,25)27-15-7-4-10-21-12-15/h1-12H. The summed E-state index contributed by atoms with van der Waals surface area (Å²) in [5, 5.41) is 7.86. The smallest absolute Gasteiger partial charge is 0.342 e. The first-order chi connectivity index (χ1) is 13.5.